The Hall–Kier alpha value is -7.67. The molecule has 11 aromatic rings. The Balaban J connectivity index is 0.909. The molecule has 0 unspecified atom stereocenters. The van der Waals surface area contributed by atoms with Crippen LogP contribution < -0.4 is 0 Å². The third-order valence-corrected chi connectivity index (χ3v) is 11.9. The summed E-state index contributed by atoms with van der Waals surface area (Å²) in [6, 6.07) is 69.5. The minimum Gasteiger partial charge on any atom is -0.243 e. The summed E-state index contributed by atoms with van der Waals surface area (Å²) in [4.78, 5) is 25.9. The number of hydrogen-bond donors (Lipinski definition) is 0. The van der Waals surface area contributed by atoms with Gasteiger partial charge in [0.1, 0.15) is 10.3 Å². The Labute approximate surface area is 345 Å². The lowest BCUT2D eigenvalue weighted by Crippen LogP contribution is -2.00. The first kappa shape index (κ1) is 34.6. The van der Waals surface area contributed by atoms with E-state index in [1.165, 1.54) is 15.8 Å². The third kappa shape index (κ3) is 6.61. The highest BCUT2D eigenvalue weighted by atomic mass is 32.1. The van der Waals surface area contributed by atoms with Crippen LogP contribution >= 0.6 is 11.3 Å². The van der Waals surface area contributed by atoms with Crippen molar-refractivity contribution >= 4 is 42.8 Å². The lowest BCUT2D eigenvalue weighted by molar-refractivity contribution is 1.07. The number of thiophene rings is 1. The van der Waals surface area contributed by atoms with E-state index in [4.69, 9.17) is 24.9 Å². The fraction of sp³-hybridized carbons (Fsp3) is 0. The monoisotopic (exact) mass is 771 g/mol. The molecule has 0 aliphatic rings. The average Bonchev–Trinajstić information content (AvgIpc) is 3.69. The second-order valence-corrected chi connectivity index (χ2v) is 15.5. The molecule has 0 spiro atoms. The van der Waals surface area contributed by atoms with E-state index in [0.717, 1.165) is 76.8 Å². The molecule has 8 aromatic carbocycles. The predicted octanol–water partition coefficient (Wildman–Crippen LogP) is 13.9. The number of rotatable bonds is 7. The van der Waals surface area contributed by atoms with Crippen LogP contribution in [0, 0.1) is 0 Å². The van der Waals surface area contributed by atoms with Gasteiger partial charge < -0.3 is 0 Å². The second-order valence-electron chi connectivity index (χ2n) is 14.5. The minimum atomic E-state index is 0.631. The summed E-state index contributed by atoms with van der Waals surface area (Å²) in [7, 11) is 0. The van der Waals surface area contributed by atoms with Gasteiger partial charge in [0.2, 0.25) is 0 Å². The highest BCUT2D eigenvalue weighted by Gasteiger charge is 2.16. The first-order valence-corrected chi connectivity index (χ1v) is 20.4. The van der Waals surface area contributed by atoms with Gasteiger partial charge in [-0.3, -0.25) is 0 Å². The maximum atomic E-state index is 5.01. The normalized spacial score (nSPS) is 11.4. The maximum absolute atomic E-state index is 5.01. The van der Waals surface area contributed by atoms with Crippen LogP contribution in [0.4, 0.5) is 0 Å². The van der Waals surface area contributed by atoms with Crippen molar-refractivity contribution in [3.63, 3.8) is 0 Å². The highest BCUT2D eigenvalue weighted by Crippen LogP contribution is 2.40. The Morgan fingerprint density at radius 1 is 0.288 bits per heavy atom. The quantitative estimate of drug-likeness (QED) is 0.161. The molecule has 0 bridgehead atoms. The van der Waals surface area contributed by atoms with Crippen molar-refractivity contribution in [1.29, 1.82) is 0 Å². The molecule has 0 saturated carbocycles. The topological polar surface area (TPSA) is 64.5 Å². The van der Waals surface area contributed by atoms with Crippen molar-refractivity contribution in [2.75, 3.05) is 0 Å². The summed E-state index contributed by atoms with van der Waals surface area (Å²) in [5.74, 6) is 1.91. The molecule has 0 amide bonds. The molecule has 0 radical (unpaired) electrons. The van der Waals surface area contributed by atoms with Gasteiger partial charge in [-0.05, 0) is 68.8 Å². The SMILES string of the molecule is c1ccc(-c2ccc(-c3nc(-c4ccccc4)nc(-c4ccc(-c5cccc(-c6cccc(-c7cccc8c7sc7nc9ccccc9nc78)c6)c5)cc4)n3)cc2)cc1. The number of aromatic nitrogens is 5. The van der Waals surface area contributed by atoms with E-state index in [1.807, 2.05) is 60.7 Å². The van der Waals surface area contributed by atoms with Gasteiger partial charge in [0.05, 0.1) is 11.0 Å². The average molecular weight is 772 g/mol. The molecule has 0 aliphatic heterocycles. The van der Waals surface area contributed by atoms with Gasteiger partial charge >= 0.3 is 0 Å². The number of benzene rings is 8. The van der Waals surface area contributed by atoms with Crippen molar-refractivity contribution in [3.8, 4) is 78.7 Å². The molecule has 3 aromatic heterocycles. The van der Waals surface area contributed by atoms with Gasteiger partial charge in [0.25, 0.3) is 0 Å². The molecule has 0 aliphatic carbocycles. The molecule has 0 fully saturated rings. The summed E-state index contributed by atoms with van der Waals surface area (Å²) >= 11 is 1.71. The summed E-state index contributed by atoms with van der Waals surface area (Å²) in [5, 5.41) is 1.14. The van der Waals surface area contributed by atoms with Crippen LogP contribution in [-0.2, 0) is 0 Å². The van der Waals surface area contributed by atoms with E-state index in [-0.39, 0.29) is 0 Å². The van der Waals surface area contributed by atoms with Gasteiger partial charge in [-0.15, -0.1) is 11.3 Å². The van der Waals surface area contributed by atoms with Crippen molar-refractivity contribution in [3.05, 3.63) is 200 Å². The number of hydrogen-bond acceptors (Lipinski definition) is 6. The van der Waals surface area contributed by atoms with Crippen molar-refractivity contribution in [2.45, 2.75) is 0 Å². The molecule has 11 rings (SSSR count). The molecule has 6 heteroatoms. The molecule has 0 N–H and O–H groups in total. The van der Waals surface area contributed by atoms with Crippen LogP contribution in [0.1, 0.15) is 0 Å². The largest absolute Gasteiger partial charge is 0.243 e. The highest BCUT2D eigenvalue weighted by molar-refractivity contribution is 7.26. The summed E-state index contributed by atoms with van der Waals surface area (Å²) in [6.45, 7) is 0. The zero-order valence-electron chi connectivity index (χ0n) is 31.7. The van der Waals surface area contributed by atoms with E-state index >= 15 is 0 Å². The predicted molar refractivity (Wildman–Crippen MR) is 244 cm³/mol. The fourth-order valence-electron chi connectivity index (χ4n) is 7.74. The zero-order chi connectivity index (χ0) is 39.1. The molecule has 0 saturated heterocycles. The van der Waals surface area contributed by atoms with Crippen LogP contribution in [0.15, 0.2) is 200 Å². The Morgan fingerprint density at radius 3 is 1.31 bits per heavy atom. The van der Waals surface area contributed by atoms with E-state index in [0.29, 0.717) is 17.5 Å². The first-order valence-electron chi connectivity index (χ1n) is 19.6. The molecule has 59 heavy (non-hydrogen) atoms. The summed E-state index contributed by atoms with van der Waals surface area (Å²) in [6.07, 6.45) is 0. The van der Waals surface area contributed by atoms with Gasteiger partial charge in [-0.25, -0.2) is 24.9 Å². The van der Waals surface area contributed by atoms with Crippen LogP contribution in [0.2, 0.25) is 0 Å². The maximum Gasteiger partial charge on any atom is 0.164 e. The number of para-hydroxylation sites is 2. The molecule has 5 nitrogen and oxygen atoms in total. The van der Waals surface area contributed by atoms with Crippen LogP contribution in [0.25, 0.3) is 110 Å². The lowest BCUT2D eigenvalue weighted by atomic mass is 9.95. The van der Waals surface area contributed by atoms with E-state index in [1.54, 1.807) is 11.3 Å². The van der Waals surface area contributed by atoms with Crippen LogP contribution in [0.3, 0.4) is 0 Å². The van der Waals surface area contributed by atoms with Crippen LogP contribution in [-0.4, -0.2) is 24.9 Å². The summed E-state index contributed by atoms with van der Waals surface area (Å²) < 4.78 is 1.20. The molecular formula is C53H33N5S. The smallest absolute Gasteiger partial charge is 0.164 e. The van der Waals surface area contributed by atoms with E-state index in [2.05, 4.69) is 140 Å². The van der Waals surface area contributed by atoms with Gasteiger partial charge in [0, 0.05) is 26.8 Å². The van der Waals surface area contributed by atoms with Crippen molar-refractivity contribution in [1.82, 2.24) is 24.9 Å². The first-order chi connectivity index (χ1) is 29.2. The van der Waals surface area contributed by atoms with E-state index < -0.39 is 0 Å². The second kappa shape index (κ2) is 14.7. The van der Waals surface area contributed by atoms with Gasteiger partial charge in [0.15, 0.2) is 17.5 Å². The number of nitrogens with zero attached hydrogens (tertiary/aromatic N) is 5. The fourth-order valence-corrected chi connectivity index (χ4v) is 8.90. The Bertz CT molecular complexity index is 3310. The standard InChI is InChI=1S/C53H33N5S/c1-3-12-34(13-4-1)35-24-28-38(29-25-35)51-56-50(37-14-5-2-6-15-37)57-52(58-51)39-30-26-36(27-31-39)40-16-9-17-41(32-40)42-18-10-19-43(33-42)44-20-11-21-45-48-53(59-49(44)45)55-47-23-8-7-22-46(47)54-48/h1-33H. The van der Waals surface area contributed by atoms with Crippen LogP contribution in [0.5, 0.6) is 0 Å². The van der Waals surface area contributed by atoms with Crippen molar-refractivity contribution < 1.29 is 0 Å². The Morgan fingerprint density at radius 2 is 0.695 bits per heavy atom. The minimum absolute atomic E-state index is 0.631. The zero-order valence-corrected chi connectivity index (χ0v) is 32.5. The molecule has 0 atom stereocenters. The van der Waals surface area contributed by atoms with E-state index in [9.17, 15) is 0 Å². The third-order valence-electron chi connectivity index (χ3n) is 10.8. The molecular weight excluding hydrogens is 739 g/mol. The van der Waals surface area contributed by atoms with Crippen molar-refractivity contribution in [2.24, 2.45) is 0 Å². The van der Waals surface area contributed by atoms with Gasteiger partial charge in [-0.1, -0.05) is 176 Å². The summed E-state index contributed by atoms with van der Waals surface area (Å²) in [5.41, 5.74) is 14.8. The molecule has 3 heterocycles. The number of fused-ring (bicyclic) bond motifs is 4. The van der Waals surface area contributed by atoms with Gasteiger partial charge in [-0.2, -0.15) is 0 Å². The lowest BCUT2D eigenvalue weighted by Gasteiger charge is -2.11. The molecule has 276 valence electrons. The Kier molecular flexibility index (Phi) is 8.60.